The van der Waals surface area contributed by atoms with Gasteiger partial charge in [0.25, 0.3) is 0 Å². The van der Waals surface area contributed by atoms with Crippen LogP contribution >= 0.6 is 0 Å². The Balaban J connectivity index is 2.14. The molecular weight excluding hydrogens is 338 g/mol. The lowest BCUT2D eigenvalue weighted by atomic mass is 9.83. The molecule has 1 aromatic heterocycles. The molecule has 5 N–H and O–H groups in total. The summed E-state index contributed by atoms with van der Waals surface area (Å²) in [6.45, 7) is 10.2. The van der Waals surface area contributed by atoms with E-state index in [0.29, 0.717) is 5.75 Å². The van der Waals surface area contributed by atoms with E-state index >= 15 is 0 Å². The number of carbonyl (C=O) groups excluding carboxylic acids is 1. The van der Waals surface area contributed by atoms with Crippen molar-refractivity contribution >= 4 is 22.5 Å². The number of aromatic nitrogens is 1. The molecule has 0 spiro atoms. The summed E-state index contributed by atoms with van der Waals surface area (Å²) in [6, 6.07) is 9.82. The normalized spacial score (nSPS) is 11.8. The number of H-pyrrole nitrogens is 1. The Morgan fingerprint density at radius 1 is 1.19 bits per heavy atom. The Bertz CT molecular complexity index is 1030. The van der Waals surface area contributed by atoms with Gasteiger partial charge in [-0.25, -0.2) is 0 Å². The molecule has 1 amide bonds. The highest BCUT2D eigenvalue weighted by atomic mass is 16.3. The third-order valence-electron chi connectivity index (χ3n) is 4.92. The van der Waals surface area contributed by atoms with Crippen molar-refractivity contribution < 1.29 is 9.90 Å². The van der Waals surface area contributed by atoms with Crippen molar-refractivity contribution in [3.05, 3.63) is 47.0 Å². The molecule has 0 saturated carbocycles. The fourth-order valence-electron chi connectivity index (χ4n) is 3.40. The van der Waals surface area contributed by atoms with Gasteiger partial charge in [-0.3, -0.25) is 4.79 Å². The number of phenols is 1. The van der Waals surface area contributed by atoms with Gasteiger partial charge in [0, 0.05) is 27.8 Å². The zero-order chi connectivity index (χ0) is 19.9. The van der Waals surface area contributed by atoms with Gasteiger partial charge in [-0.1, -0.05) is 20.8 Å². The smallest absolute Gasteiger partial charge is 0.238 e. The van der Waals surface area contributed by atoms with Gasteiger partial charge in [0.1, 0.15) is 5.75 Å². The van der Waals surface area contributed by atoms with Gasteiger partial charge in [0.15, 0.2) is 0 Å². The third kappa shape index (κ3) is 3.55. The molecule has 0 unspecified atom stereocenters. The summed E-state index contributed by atoms with van der Waals surface area (Å²) in [4.78, 5) is 15.0. The van der Waals surface area contributed by atoms with E-state index < -0.39 is 0 Å². The number of aromatic hydroxyl groups is 1. The van der Waals surface area contributed by atoms with E-state index in [-0.39, 0.29) is 17.9 Å². The number of anilines is 1. The molecule has 3 aromatic rings. The van der Waals surface area contributed by atoms with Crippen LogP contribution in [0.3, 0.4) is 0 Å². The highest BCUT2D eigenvalue weighted by Gasteiger charge is 2.21. The summed E-state index contributed by atoms with van der Waals surface area (Å²) >= 11 is 0. The molecule has 27 heavy (non-hydrogen) atoms. The molecule has 2 aromatic carbocycles. The van der Waals surface area contributed by atoms with E-state index in [1.54, 1.807) is 0 Å². The molecule has 0 aliphatic rings. The second-order valence-electron chi connectivity index (χ2n) is 8.08. The zero-order valence-corrected chi connectivity index (χ0v) is 16.5. The van der Waals surface area contributed by atoms with E-state index in [1.807, 2.05) is 31.2 Å². The number of nitrogens with two attached hydrogens (primary N) is 1. The quantitative estimate of drug-likeness (QED) is 0.556. The molecule has 5 heteroatoms. The maximum atomic E-state index is 11.6. The molecular formula is C22H27N3O2. The summed E-state index contributed by atoms with van der Waals surface area (Å²) in [5, 5.41) is 14.3. The summed E-state index contributed by atoms with van der Waals surface area (Å²) in [6.07, 6.45) is 0. The Morgan fingerprint density at radius 2 is 1.89 bits per heavy atom. The van der Waals surface area contributed by atoms with Crippen molar-refractivity contribution in [1.29, 1.82) is 0 Å². The fraction of sp³-hybridized carbons (Fsp3) is 0.318. The molecule has 0 aliphatic carbocycles. The Labute approximate surface area is 159 Å². The predicted octanol–water partition coefficient (Wildman–Crippen LogP) is 4.35. The first kappa shape index (κ1) is 19.0. The van der Waals surface area contributed by atoms with E-state index in [2.05, 4.69) is 44.1 Å². The number of phenolic OH excluding ortho intramolecular Hbond substituents is 1. The van der Waals surface area contributed by atoms with Crippen LogP contribution in [0.1, 0.15) is 37.5 Å². The van der Waals surface area contributed by atoms with Gasteiger partial charge in [-0.15, -0.1) is 0 Å². The third-order valence-corrected chi connectivity index (χ3v) is 4.92. The summed E-state index contributed by atoms with van der Waals surface area (Å²) in [7, 11) is 0. The lowest BCUT2D eigenvalue weighted by Gasteiger charge is -2.22. The van der Waals surface area contributed by atoms with Gasteiger partial charge in [0.2, 0.25) is 5.91 Å². The van der Waals surface area contributed by atoms with Gasteiger partial charge in [-0.05, 0) is 66.3 Å². The Hall–Kier alpha value is -2.79. The minimum atomic E-state index is -0.216. The van der Waals surface area contributed by atoms with Crippen molar-refractivity contribution in [3.8, 4) is 17.0 Å². The molecule has 0 radical (unpaired) electrons. The Kier molecular flexibility index (Phi) is 4.74. The largest absolute Gasteiger partial charge is 0.507 e. The van der Waals surface area contributed by atoms with Crippen molar-refractivity contribution in [1.82, 2.24) is 4.98 Å². The molecule has 0 saturated heterocycles. The first-order valence-corrected chi connectivity index (χ1v) is 9.08. The zero-order valence-electron chi connectivity index (χ0n) is 16.5. The van der Waals surface area contributed by atoms with E-state index in [4.69, 9.17) is 5.73 Å². The molecule has 0 atom stereocenters. The van der Waals surface area contributed by atoms with E-state index in [0.717, 1.165) is 44.5 Å². The number of hydrogen-bond donors (Lipinski definition) is 4. The predicted molar refractivity (Wildman–Crippen MR) is 111 cm³/mol. The van der Waals surface area contributed by atoms with Gasteiger partial charge >= 0.3 is 0 Å². The number of hydrogen-bond acceptors (Lipinski definition) is 3. The van der Waals surface area contributed by atoms with Crippen LogP contribution in [0.5, 0.6) is 5.75 Å². The Morgan fingerprint density at radius 3 is 2.52 bits per heavy atom. The number of aryl methyl sites for hydroxylation is 2. The van der Waals surface area contributed by atoms with Crippen LogP contribution in [0.15, 0.2) is 30.3 Å². The van der Waals surface area contributed by atoms with Crippen LogP contribution in [-0.2, 0) is 10.2 Å². The van der Waals surface area contributed by atoms with Crippen LogP contribution in [-0.4, -0.2) is 22.5 Å². The van der Waals surface area contributed by atoms with Gasteiger partial charge in [-0.2, -0.15) is 0 Å². The van der Waals surface area contributed by atoms with E-state index in [9.17, 15) is 9.90 Å². The minimum absolute atomic E-state index is 0.0439. The van der Waals surface area contributed by atoms with Gasteiger partial charge in [0.05, 0.1) is 6.54 Å². The second kappa shape index (κ2) is 6.74. The van der Waals surface area contributed by atoms with E-state index in [1.165, 1.54) is 0 Å². The number of nitrogens with one attached hydrogen (secondary N) is 2. The molecule has 1 heterocycles. The molecule has 0 fully saturated rings. The second-order valence-corrected chi connectivity index (χ2v) is 8.08. The fourth-order valence-corrected chi connectivity index (χ4v) is 3.40. The highest BCUT2D eigenvalue weighted by molar-refractivity contribution is 5.97. The standard InChI is InChI=1S/C22H27N3O2/c1-12-8-14(9-17(21(12)27)22(3,4)5)20-13(2)16-10-15(24-19(26)11-23)6-7-18(16)25-20/h6-10,25,27H,11,23H2,1-5H3,(H,24,26). The lowest BCUT2D eigenvalue weighted by Crippen LogP contribution is -2.21. The maximum Gasteiger partial charge on any atom is 0.238 e. The van der Waals surface area contributed by atoms with Crippen LogP contribution in [0.25, 0.3) is 22.2 Å². The molecule has 0 aliphatic heterocycles. The summed E-state index contributed by atoms with van der Waals surface area (Å²) in [5.41, 5.74) is 11.9. The van der Waals surface area contributed by atoms with Crippen LogP contribution in [0, 0.1) is 13.8 Å². The van der Waals surface area contributed by atoms with Crippen molar-refractivity contribution in [3.63, 3.8) is 0 Å². The monoisotopic (exact) mass is 365 g/mol. The molecule has 3 rings (SSSR count). The highest BCUT2D eigenvalue weighted by Crippen LogP contribution is 2.39. The number of rotatable bonds is 3. The number of aromatic amines is 1. The van der Waals surface area contributed by atoms with Crippen molar-refractivity contribution in [2.75, 3.05) is 11.9 Å². The minimum Gasteiger partial charge on any atom is -0.507 e. The number of amides is 1. The van der Waals surface area contributed by atoms with Gasteiger partial charge < -0.3 is 21.1 Å². The SMILES string of the molecule is Cc1cc(-c2[nH]c3ccc(NC(=O)CN)cc3c2C)cc(C(C)(C)C)c1O. The average molecular weight is 365 g/mol. The van der Waals surface area contributed by atoms with Crippen molar-refractivity contribution in [2.24, 2.45) is 5.73 Å². The van der Waals surface area contributed by atoms with Crippen LogP contribution in [0.4, 0.5) is 5.69 Å². The van der Waals surface area contributed by atoms with Crippen molar-refractivity contribution in [2.45, 2.75) is 40.0 Å². The van der Waals surface area contributed by atoms with Crippen LogP contribution in [0.2, 0.25) is 0 Å². The summed E-state index contributed by atoms with van der Waals surface area (Å²) < 4.78 is 0. The maximum absolute atomic E-state index is 11.6. The lowest BCUT2D eigenvalue weighted by molar-refractivity contribution is -0.114. The average Bonchev–Trinajstić information content (AvgIpc) is 2.92. The molecule has 5 nitrogen and oxygen atoms in total. The van der Waals surface area contributed by atoms with Crippen LogP contribution < -0.4 is 11.1 Å². The number of benzene rings is 2. The first-order chi connectivity index (χ1) is 12.6. The summed E-state index contributed by atoms with van der Waals surface area (Å²) in [5.74, 6) is 0.138. The number of carbonyl (C=O) groups is 1. The molecule has 142 valence electrons. The number of fused-ring (bicyclic) bond motifs is 1. The topological polar surface area (TPSA) is 91.1 Å². The first-order valence-electron chi connectivity index (χ1n) is 9.08. The molecule has 0 bridgehead atoms.